The topological polar surface area (TPSA) is 102 Å². The van der Waals surface area contributed by atoms with E-state index in [1.54, 1.807) is 6.33 Å². The minimum atomic E-state index is -0.525. The second-order valence-electron chi connectivity index (χ2n) is 5.43. The Labute approximate surface area is 137 Å². The van der Waals surface area contributed by atoms with Crippen LogP contribution in [0.25, 0.3) is 5.65 Å². The van der Waals surface area contributed by atoms with Crippen molar-refractivity contribution in [2.75, 3.05) is 6.54 Å². The Hall–Kier alpha value is -3.16. The summed E-state index contributed by atoms with van der Waals surface area (Å²) in [5.41, 5.74) is 1.49. The Bertz CT molecular complexity index is 973. The molecule has 1 amide bonds. The average molecular weight is 327 g/mol. The van der Waals surface area contributed by atoms with E-state index in [4.69, 9.17) is 0 Å². The Morgan fingerprint density at radius 3 is 2.83 bits per heavy atom. The monoisotopic (exact) mass is 327 g/mol. The number of imidazole rings is 1. The van der Waals surface area contributed by atoms with Gasteiger partial charge in [-0.1, -0.05) is 0 Å². The molecule has 0 spiro atoms. The first-order chi connectivity index (χ1) is 11.5. The smallest absolute Gasteiger partial charge is 0.270 e. The van der Waals surface area contributed by atoms with Gasteiger partial charge in [0.2, 0.25) is 0 Å². The fourth-order valence-corrected chi connectivity index (χ4v) is 2.40. The molecule has 3 heterocycles. The van der Waals surface area contributed by atoms with Crippen LogP contribution in [0, 0.1) is 13.8 Å². The zero-order valence-electron chi connectivity index (χ0n) is 13.4. The zero-order chi connectivity index (χ0) is 17.3. The molecule has 0 saturated carbocycles. The molecular formula is C16H17N5O3. The number of nitrogens with one attached hydrogen (secondary N) is 1. The van der Waals surface area contributed by atoms with Gasteiger partial charge in [0, 0.05) is 31.2 Å². The highest BCUT2D eigenvalue weighted by atomic mass is 16.3. The summed E-state index contributed by atoms with van der Waals surface area (Å²) in [6.07, 6.45) is 4.35. The fraction of sp³-hybridized carbons (Fsp3) is 0.250. The van der Waals surface area contributed by atoms with Crippen molar-refractivity contribution >= 4 is 11.6 Å². The summed E-state index contributed by atoms with van der Waals surface area (Å²) < 4.78 is 3.08. The first-order valence-electron chi connectivity index (χ1n) is 7.45. The van der Waals surface area contributed by atoms with Gasteiger partial charge in [-0.15, -0.1) is 0 Å². The standard InChI is InChI=1S/C16H17N5O3/c1-10-11(2)20(9-19-10)7-5-17-15(23)12-8-18-14-13(22)4-3-6-21(14)16(12)24/h3-4,6,8-9,22H,5,7H2,1-2H3,(H,17,23). The van der Waals surface area contributed by atoms with Crippen LogP contribution < -0.4 is 10.9 Å². The van der Waals surface area contributed by atoms with E-state index >= 15 is 0 Å². The summed E-state index contributed by atoms with van der Waals surface area (Å²) in [6.45, 7) is 4.79. The molecule has 2 N–H and O–H groups in total. The Morgan fingerprint density at radius 2 is 2.12 bits per heavy atom. The van der Waals surface area contributed by atoms with Gasteiger partial charge in [0.05, 0.1) is 12.0 Å². The minimum absolute atomic E-state index is 0.0726. The zero-order valence-corrected chi connectivity index (χ0v) is 13.4. The van der Waals surface area contributed by atoms with E-state index in [-0.39, 0.29) is 17.0 Å². The lowest BCUT2D eigenvalue weighted by atomic mass is 10.3. The van der Waals surface area contributed by atoms with Crippen LogP contribution in [-0.4, -0.2) is 36.5 Å². The third-order valence-corrected chi connectivity index (χ3v) is 3.94. The van der Waals surface area contributed by atoms with Crippen LogP contribution in [0.15, 0.2) is 35.6 Å². The fourth-order valence-electron chi connectivity index (χ4n) is 2.40. The van der Waals surface area contributed by atoms with Crippen LogP contribution in [0.4, 0.5) is 0 Å². The second kappa shape index (κ2) is 6.15. The molecule has 0 unspecified atom stereocenters. The van der Waals surface area contributed by atoms with Gasteiger partial charge in [-0.2, -0.15) is 0 Å². The normalized spacial score (nSPS) is 10.9. The van der Waals surface area contributed by atoms with Gasteiger partial charge in [0.15, 0.2) is 11.4 Å². The summed E-state index contributed by atoms with van der Waals surface area (Å²) >= 11 is 0. The SMILES string of the molecule is Cc1ncn(CCNC(=O)c2cnc3c(O)cccn3c2=O)c1C. The van der Waals surface area contributed by atoms with Gasteiger partial charge < -0.3 is 15.0 Å². The molecule has 0 aliphatic heterocycles. The summed E-state index contributed by atoms with van der Waals surface area (Å²) in [6, 6.07) is 2.94. The Kier molecular flexibility index (Phi) is 4.03. The van der Waals surface area contributed by atoms with E-state index in [9.17, 15) is 14.7 Å². The summed E-state index contributed by atoms with van der Waals surface area (Å²) in [5, 5.41) is 12.4. The third kappa shape index (κ3) is 2.73. The lowest BCUT2D eigenvalue weighted by Gasteiger charge is -2.08. The van der Waals surface area contributed by atoms with E-state index in [1.807, 2.05) is 18.4 Å². The second-order valence-corrected chi connectivity index (χ2v) is 5.43. The molecule has 124 valence electrons. The quantitative estimate of drug-likeness (QED) is 0.732. The number of rotatable bonds is 4. The molecular weight excluding hydrogens is 310 g/mol. The first-order valence-corrected chi connectivity index (χ1v) is 7.45. The number of aryl methyl sites for hydroxylation is 1. The molecule has 0 fully saturated rings. The number of amides is 1. The lowest BCUT2D eigenvalue weighted by molar-refractivity contribution is 0.0950. The molecule has 0 aliphatic rings. The predicted molar refractivity (Wildman–Crippen MR) is 87.2 cm³/mol. The van der Waals surface area contributed by atoms with Gasteiger partial charge in [-0.05, 0) is 26.0 Å². The lowest BCUT2D eigenvalue weighted by Crippen LogP contribution is -2.33. The van der Waals surface area contributed by atoms with Crippen molar-refractivity contribution in [3.05, 3.63) is 58.2 Å². The molecule has 0 bridgehead atoms. The van der Waals surface area contributed by atoms with E-state index in [1.165, 1.54) is 24.5 Å². The highest BCUT2D eigenvalue weighted by Gasteiger charge is 2.14. The number of nitrogens with zero attached hydrogens (tertiary/aromatic N) is 4. The Balaban J connectivity index is 1.76. The largest absolute Gasteiger partial charge is 0.504 e. The number of aromatic hydroxyl groups is 1. The molecule has 24 heavy (non-hydrogen) atoms. The van der Waals surface area contributed by atoms with Crippen molar-refractivity contribution < 1.29 is 9.90 Å². The summed E-state index contributed by atoms with van der Waals surface area (Å²) in [4.78, 5) is 32.7. The molecule has 8 heteroatoms. The van der Waals surface area contributed by atoms with Crippen molar-refractivity contribution in [1.29, 1.82) is 0 Å². The number of carbonyl (C=O) groups is 1. The minimum Gasteiger partial charge on any atom is -0.504 e. The molecule has 0 aliphatic carbocycles. The number of aromatic nitrogens is 4. The highest BCUT2D eigenvalue weighted by molar-refractivity contribution is 5.93. The van der Waals surface area contributed by atoms with Crippen molar-refractivity contribution in [1.82, 2.24) is 24.3 Å². The van der Waals surface area contributed by atoms with Crippen LogP contribution in [0.5, 0.6) is 5.75 Å². The number of hydrogen-bond donors (Lipinski definition) is 2. The van der Waals surface area contributed by atoms with Crippen LogP contribution >= 0.6 is 0 Å². The maximum absolute atomic E-state index is 12.3. The van der Waals surface area contributed by atoms with E-state index in [0.29, 0.717) is 13.1 Å². The van der Waals surface area contributed by atoms with Crippen LogP contribution in [0.3, 0.4) is 0 Å². The van der Waals surface area contributed by atoms with E-state index in [2.05, 4.69) is 15.3 Å². The van der Waals surface area contributed by atoms with Gasteiger partial charge in [-0.3, -0.25) is 14.0 Å². The van der Waals surface area contributed by atoms with Crippen molar-refractivity contribution in [2.24, 2.45) is 0 Å². The molecule has 0 aromatic carbocycles. The van der Waals surface area contributed by atoms with Gasteiger partial charge in [-0.25, -0.2) is 9.97 Å². The van der Waals surface area contributed by atoms with Gasteiger partial charge >= 0.3 is 0 Å². The van der Waals surface area contributed by atoms with Crippen molar-refractivity contribution in [3.8, 4) is 5.75 Å². The van der Waals surface area contributed by atoms with Crippen LogP contribution in [-0.2, 0) is 6.54 Å². The van der Waals surface area contributed by atoms with Gasteiger partial charge in [0.25, 0.3) is 11.5 Å². The average Bonchev–Trinajstić information content (AvgIpc) is 2.88. The predicted octanol–water partition coefficient (Wildman–Crippen LogP) is 0.643. The summed E-state index contributed by atoms with van der Waals surface area (Å²) in [5.74, 6) is -0.618. The molecule has 0 radical (unpaired) electrons. The maximum atomic E-state index is 12.3. The van der Waals surface area contributed by atoms with E-state index < -0.39 is 11.5 Å². The third-order valence-electron chi connectivity index (χ3n) is 3.94. The molecule has 3 aromatic rings. The molecule has 0 atom stereocenters. The van der Waals surface area contributed by atoms with Crippen molar-refractivity contribution in [3.63, 3.8) is 0 Å². The maximum Gasteiger partial charge on any atom is 0.270 e. The number of fused-ring (bicyclic) bond motifs is 1. The summed E-state index contributed by atoms with van der Waals surface area (Å²) in [7, 11) is 0. The van der Waals surface area contributed by atoms with Crippen LogP contribution in [0.1, 0.15) is 21.7 Å². The van der Waals surface area contributed by atoms with Gasteiger partial charge in [0.1, 0.15) is 5.56 Å². The molecule has 3 rings (SSSR count). The Morgan fingerprint density at radius 1 is 1.33 bits per heavy atom. The molecule has 0 saturated heterocycles. The number of hydrogen-bond acceptors (Lipinski definition) is 5. The number of pyridine rings is 1. The van der Waals surface area contributed by atoms with Crippen LogP contribution in [0.2, 0.25) is 0 Å². The van der Waals surface area contributed by atoms with Crippen molar-refractivity contribution in [2.45, 2.75) is 20.4 Å². The molecule has 3 aromatic heterocycles. The highest BCUT2D eigenvalue weighted by Crippen LogP contribution is 2.12. The number of carbonyl (C=O) groups excluding carboxylic acids is 1. The van der Waals surface area contributed by atoms with E-state index in [0.717, 1.165) is 15.8 Å². The molecule has 8 nitrogen and oxygen atoms in total. The first kappa shape index (κ1) is 15.7.